The lowest BCUT2D eigenvalue weighted by Crippen LogP contribution is -2.26. The van der Waals surface area contributed by atoms with Crippen molar-refractivity contribution in [3.05, 3.63) is 58.6 Å². The minimum absolute atomic E-state index is 0.0958. The molecule has 0 bridgehead atoms. The number of hydrogen-bond donors (Lipinski definition) is 2. The molecule has 0 spiro atoms. The molecule has 156 valence electrons. The number of aliphatic carboxylic acids is 1. The van der Waals surface area contributed by atoms with Gasteiger partial charge in [-0.15, -0.1) is 0 Å². The maximum atomic E-state index is 13.3. The summed E-state index contributed by atoms with van der Waals surface area (Å²) in [6, 6.07) is 9.99. The van der Waals surface area contributed by atoms with Crippen molar-refractivity contribution in [2.45, 2.75) is 42.9 Å². The summed E-state index contributed by atoms with van der Waals surface area (Å²) in [6.45, 7) is -0.697. The lowest BCUT2D eigenvalue weighted by Gasteiger charge is -2.22. The van der Waals surface area contributed by atoms with Crippen LogP contribution in [0.2, 0.25) is 5.02 Å². The highest BCUT2D eigenvalue weighted by Crippen LogP contribution is 2.40. The first-order valence-electron chi connectivity index (χ1n) is 11.9. The molecule has 29 heavy (non-hydrogen) atoms. The highest BCUT2D eigenvalue weighted by atomic mass is 35.5. The number of fused-ring (bicyclic) bond motifs is 2. The number of carboxylic acids is 1. The first kappa shape index (κ1) is 14.8. The molecule has 2 aromatic rings. The number of benzene rings is 2. The quantitative estimate of drug-likeness (QED) is 0.640. The van der Waals surface area contributed by atoms with Crippen LogP contribution in [0.5, 0.6) is 0 Å². The van der Waals surface area contributed by atoms with Crippen molar-refractivity contribution in [3.8, 4) is 0 Å². The molecule has 2 aromatic carbocycles. The van der Waals surface area contributed by atoms with Gasteiger partial charge in [0.05, 0.1) is 16.6 Å². The van der Waals surface area contributed by atoms with Crippen LogP contribution in [0.15, 0.2) is 47.4 Å². The average Bonchev–Trinajstić information content (AvgIpc) is 2.83. The average molecular weight is 443 g/mol. The Balaban J connectivity index is 2.04. The number of carbonyl (C=O) groups is 1. The summed E-state index contributed by atoms with van der Waals surface area (Å²) in [4.78, 5) is 10.8. The van der Waals surface area contributed by atoms with Gasteiger partial charge in [-0.25, -0.2) is 8.42 Å². The molecule has 1 aliphatic heterocycles. The first-order valence-corrected chi connectivity index (χ1v) is 10.7. The van der Waals surface area contributed by atoms with Crippen LogP contribution in [0.3, 0.4) is 0 Å². The van der Waals surface area contributed by atoms with E-state index < -0.39 is 60.5 Å². The maximum absolute atomic E-state index is 13.3. The molecule has 1 aliphatic rings. The van der Waals surface area contributed by atoms with Crippen LogP contribution < -0.4 is 9.62 Å². The fraction of sp³-hybridized carbons (Fsp3) is 0.381. The van der Waals surface area contributed by atoms with Gasteiger partial charge in [-0.1, -0.05) is 48.6 Å². The highest BCUT2D eigenvalue weighted by Gasteiger charge is 2.34. The number of para-hydroxylation sites is 1. The third-order valence-corrected chi connectivity index (χ3v) is 6.61. The summed E-state index contributed by atoms with van der Waals surface area (Å²) < 4.78 is 76.9. The third-order valence-electron chi connectivity index (χ3n) is 4.55. The second-order valence-electron chi connectivity index (χ2n) is 6.40. The minimum atomic E-state index is -4.02. The molecule has 0 radical (unpaired) electrons. The summed E-state index contributed by atoms with van der Waals surface area (Å²) in [5.41, 5.74) is 1.10. The second kappa shape index (κ2) is 9.15. The van der Waals surface area contributed by atoms with E-state index in [0.29, 0.717) is 11.3 Å². The first-order chi connectivity index (χ1) is 16.0. The van der Waals surface area contributed by atoms with Crippen LogP contribution >= 0.6 is 11.6 Å². The lowest BCUT2D eigenvalue weighted by atomic mass is 9.96. The Morgan fingerprint density at radius 2 is 1.97 bits per heavy atom. The van der Waals surface area contributed by atoms with Crippen molar-refractivity contribution >= 4 is 33.3 Å². The van der Waals surface area contributed by atoms with Crippen LogP contribution in [-0.2, 0) is 14.8 Å². The lowest BCUT2D eigenvalue weighted by molar-refractivity contribution is -0.137. The van der Waals surface area contributed by atoms with Crippen LogP contribution in [0, 0.1) is 0 Å². The van der Waals surface area contributed by atoms with Gasteiger partial charge in [-0.2, -0.15) is 0 Å². The molecule has 1 heterocycles. The van der Waals surface area contributed by atoms with E-state index in [0.717, 1.165) is 4.31 Å². The van der Waals surface area contributed by atoms with Crippen LogP contribution in [0.4, 0.5) is 5.69 Å². The Hall–Kier alpha value is -2.09. The van der Waals surface area contributed by atoms with E-state index in [1.165, 1.54) is 25.2 Å². The zero-order chi connectivity index (χ0) is 26.4. The number of hydrogen-bond acceptors (Lipinski definition) is 4. The Morgan fingerprint density at radius 1 is 1.21 bits per heavy atom. The number of nitrogens with one attached hydrogen (secondary N) is 1. The number of nitrogens with zero attached hydrogens (tertiary/aromatic N) is 1. The van der Waals surface area contributed by atoms with Gasteiger partial charge in [0, 0.05) is 26.7 Å². The number of sulfonamides is 1. The van der Waals surface area contributed by atoms with Crippen molar-refractivity contribution < 1.29 is 26.5 Å². The molecular formula is C21H25ClN2O4S. The standard InChI is InChI=1S/C21H25ClN2O4S/c1-24-18-9-6-5-8-16(18)21(23-13-7-3-2-4-10-20(25)26)17-12-11-15(22)14-19(17)29(24,27)28/h5-6,8-9,11-12,14,21,23H,2-4,7,10,13H2,1H3,(H,25,26)/i2D2,3D2,7D2. The van der Waals surface area contributed by atoms with Crippen LogP contribution in [-0.4, -0.2) is 33.1 Å². The van der Waals surface area contributed by atoms with Gasteiger partial charge in [-0.05, 0) is 48.7 Å². The van der Waals surface area contributed by atoms with Crippen molar-refractivity contribution in [1.82, 2.24) is 5.32 Å². The van der Waals surface area contributed by atoms with Crippen LogP contribution in [0.25, 0.3) is 0 Å². The molecule has 0 aliphatic carbocycles. The van der Waals surface area contributed by atoms with Gasteiger partial charge in [0.25, 0.3) is 10.0 Å². The molecule has 3 rings (SSSR count). The zero-order valence-electron chi connectivity index (χ0n) is 21.6. The molecule has 1 atom stereocenters. The van der Waals surface area contributed by atoms with Crippen molar-refractivity contribution in [1.29, 1.82) is 0 Å². The van der Waals surface area contributed by atoms with E-state index in [1.807, 2.05) is 0 Å². The van der Waals surface area contributed by atoms with E-state index in [9.17, 15) is 13.2 Å². The normalized spacial score (nSPS) is 21.9. The summed E-state index contributed by atoms with van der Waals surface area (Å²) in [5.74, 6) is -1.32. The summed E-state index contributed by atoms with van der Waals surface area (Å²) in [6.07, 6.45) is -10.0. The fourth-order valence-electron chi connectivity index (χ4n) is 3.14. The molecule has 0 amide bonds. The Bertz CT molecular complexity index is 1240. The molecule has 8 heteroatoms. The predicted molar refractivity (Wildman–Crippen MR) is 114 cm³/mol. The van der Waals surface area contributed by atoms with Gasteiger partial charge >= 0.3 is 5.97 Å². The van der Waals surface area contributed by atoms with E-state index >= 15 is 0 Å². The SMILES string of the molecule is [2H]C([2H])(CCC(=O)O)C([2H])([2H])C([2H])([2H])CNC1c2ccccc2N(C)S(=O)(=O)c2cc(Cl)ccc21. The zero-order valence-corrected chi connectivity index (χ0v) is 17.2. The van der Waals surface area contributed by atoms with Gasteiger partial charge in [0.2, 0.25) is 0 Å². The maximum Gasteiger partial charge on any atom is 0.303 e. The molecule has 2 N–H and O–H groups in total. The number of halogens is 1. The molecule has 0 aromatic heterocycles. The van der Waals surface area contributed by atoms with Crippen LogP contribution in [0.1, 0.15) is 57.4 Å². The Labute approximate surface area is 185 Å². The summed E-state index contributed by atoms with van der Waals surface area (Å²) in [5, 5.41) is 11.9. The van der Waals surface area contributed by atoms with Gasteiger partial charge in [0.15, 0.2) is 0 Å². The molecule has 0 saturated heterocycles. The van der Waals surface area contributed by atoms with Gasteiger partial charge < -0.3 is 10.4 Å². The van der Waals surface area contributed by atoms with Gasteiger partial charge in [-0.3, -0.25) is 9.10 Å². The predicted octanol–water partition coefficient (Wildman–Crippen LogP) is 4.19. The van der Waals surface area contributed by atoms with E-state index in [-0.39, 0.29) is 15.5 Å². The molecule has 6 nitrogen and oxygen atoms in total. The summed E-state index contributed by atoms with van der Waals surface area (Å²) >= 11 is 6.08. The highest BCUT2D eigenvalue weighted by molar-refractivity contribution is 7.92. The number of carboxylic acid groups (broad SMARTS) is 1. The van der Waals surface area contributed by atoms with E-state index in [1.54, 1.807) is 24.3 Å². The molecule has 0 fully saturated rings. The second-order valence-corrected chi connectivity index (χ2v) is 8.77. The Kier molecular flexibility index (Phi) is 4.68. The smallest absolute Gasteiger partial charge is 0.303 e. The van der Waals surface area contributed by atoms with Crippen molar-refractivity contribution in [2.75, 3.05) is 17.9 Å². The van der Waals surface area contributed by atoms with Gasteiger partial charge in [0.1, 0.15) is 0 Å². The van der Waals surface area contributed by atoms with Crippen molar-refractivity contribution in [3.63, 3.8) is 0 Å². The summed E-state index contributed by atoms with van der Waals surface area (Å²) in [7, 11) is -2.64. The topological polar surface area (TPSA) is 86.7 Å². The molecular weight excluding hydrogens is 412 g/mol. The minimum Gasteiger partial charge on any atom is -0.481 e. The number of anilines is 1. The molecule has 1 unspecified atom stereocenters. The Morgan fingerprint density at radius 3 is 2.72 bits per heavy atom. The third kappa shape index (κ3) is 4.74. The fourth-order valence-corrected chi connectivity index (χ4v) is 4.86. The van der Waals surface area contributed by atoms with E-state index in [4.69, 9.17) is 24.9 Å². The molecule has 0 saturated carbocycles. The largest absolute Gasteiger partial charge is 0.481 e. The number of rotatable bonds is 8. The van der Waals surface area contributed by atoms with Crippen molar-refractivity contribution in [2.24, 2.45) is 0 Å². The van der Waals surface area contributed by atoms with E-state index in [2.05, 4.69) is 5.32 Å². The monoisotopic (exact) mass is 442 g/mol.